The van der Waals surface area contributed by atoms with Crippen molar-refractivity contribution in [2.24, 2.45) is 5.92 Å². The number of non-ortho nitro benzene ring substituents is 1. The molecule has 0 aromatic heterocycles. The van der Waals surface area contributed by atoms with Crippen LogP contribution in [-0.2, 0) is 4.79 Å². The van der Waals surface area contributed by atoms with Crippen molar-refractivity contribution in [3.63, 3.8) is 0 Å². The second-order valence-corrected chi connectivity index (χ2v) is 7.79. The van der Waals surface area contributed by atoms with Gasteiger partial charge in [-0.3, -0.25) is 19.7 Å². The van der Waals surface area contributed by atoms with Gasteiger partial charge in [0.25, 0.3) is 11.6 Å². The molecular weight excluding hydrogens is 372 g/mol. The van der Waals surface area contributed by atoms with Gasteiger partial charge in [0.2, 0.25) is 5.91 Å². The molecule has 1 N–H and O–H groups in total. The lowest BCUT2D eigenvalue weighted by Gasteiger charge is -2.33. The van der Waals surface area contributed by atoms with Gasteiger partial charge in [0.15, 0.2) is 0 Å². The van der Waals surface area contributed by atoms with Gasteiger partial charge in [0.05, 0.1) is 16.4 Å². The summed E-state index contributed by atoms with van der Waals surface area (Å²) in [6, 6.07) is 4.32. The molecule has 1 aliphatic heterocycles. The van der Waals surface area contributed by atoms with Crippen molar-refractivity contribution >= 4 is 23.2 Å². The Balaban J connectivity index is 2.06. The van der Waals surface area contributed by atoms with Crippen LogP contribution in [0.1, 0.15) is 55.8 Å². The Bertz CT molecular complexity index is 735. The number of hydrogen-bond donors (Lipinski definition) is 1. The fourth-order valence-corrected chi connectivity index (χ4v) is 3.65. The monoisotopic (exact) mass is 404 g/mol. The summed E-state index contributed by atoms with van der Waals surface area (Å²) in [6.45, 7) is 3.71. The van der Waals surface area contributed by atoms with Crippen LogP contribution in [0.15, 0.2) is 18.2 Å². The summed E-state index contributed by atoms with van der Waals surface area (Å²) >= 11 is 0. The number of piperidine rings is 1. The molecule has 8 nitrogen and oxygen atoms in total. The Morgan fingerprint density at radius 2 is 2.03 bits per heavy atom. The largest absolute Gasteiger partial charge is 0.377 e. The van der Waals surface area contributed by atoms with E-state index in [0.717, 1.165) is 32.1 Å². The molecule has 29 heavy (non-hydrogen) atoms. The normalized spacial score (nSPS) is 16.4. The van der Waals surface area contributed by atoms with E-state index in [-0.39, 0.29) is 23.4 Å². The Morgan fingerprint density at radius 3 is 2.69 bits per heavy atom. The summed E-state index contributed by atoms with van der Waals surface area (Å²) in [4.78, 5) is 39.7. The number of unbranched alkanes of at least 4 members (excludes halogenated alkanes) is 3. The molecule has 0 bridgehead atoms. The van der Waals surface area contributed by atoms with Crippen LogP contribution < -0.4 is 10.2 Å². The minimum absolute atomic E-state index is 0.00845. The van der Waals surface area contributed by atoms with E-state index in [1.807, 2.05) is 0 Å². The Labute approximate surface area is 172 Å². The van der Waals surface area contributed by atoms with E-state index in [1.54, 1.807) is 30.0 Å². The van der Waals surface area contributed by atoms with Gasteiger partial charge in [-0.15, -0.1) is 0 Å². The molecule has 1 fully saturated rings. The first-order chi connectivity index (χ1) is 13.8. The number of hydrogen-bond acceptors (Lipinski definition) is 5. The van der Waals surface area contributed by atoms with Crippen molar-refractivity contribution in [1.29, 1.82) is 0 Å². The van der Waals surface area contributed by atoms with Crippen LogP contribution in [-0.4, -0.2) is 55.4 Å². The van der Waals surface area contributed by atoms with Crippen LogP contribution in [0.2, 0.25) is 0 Å². The smallest absolute Gasteiger partial charge is 0.270 e. The summed E-state index contributed by atoms with van der Waals surface area (Å²) in [6.07, 6.45) is 5.88. The van der Waals surface area contributed by atoms with Gasteiger partial charge in [-0.2, -0.15) is 0 Å². The summed E-state index contributed by atoms with van der Waals surface area (Å²) in [5, 5.41) is 14.1. The highest BCUT2D eigenvalue weighted by molar-refractivity contribution is 6.00. The molecule has 8 heteroatoms. The zero-order valence-corrected chi connectivity index (χ0v) is 17.6. The van der Waals surface area contributed by atoms with Gasteiger partial charge >= 0.3 is 0 Å². The Kier molecular flexibility index (Phi) is 8.42. The number of nitrogens with one attached hydrogen (secondary N) is 1. The average Bonchev–Trinajstić information content (AvgIpc) is 2.72. The summed E-state index contributed by atoms with van der Waals surface area (Å²) in [7, 11) is 3.59. The van der Waals surface area contributed by atoms with E-state index >= 15 is 0 Å². The highest BCUT2D eigenvalue weighted by Gasteiger charge is 2.30. The fourth-order valence-electron chi connectivity index (χ4n) is 3.65. The Hall–Kier alpha value is -2.64. The maximum atomic E-state index is 13.1. The Morgan fingerprint density at radius 1 is 1.28 bits per heavy atom. The van der Waals surface area contributed by atoms with Crippen molar-refractivity contribution in [2.45, 2.75) is 45.4 Å². The molecule has 1 aromatic rings. The van der Waals surface area contributed by atoms with Gasteiger partial charge in [-0.05, 0) is 25.3 Å². The average molecular weight is 405 g/mol. The molecule has 1 aliphatic rings. The van der Waals surface area contributed by atoms with E-state index in [2.05, 4.69) is 12.2 Å². The van der Waals surface area contributed by atoms with E-state index in [0.29, 0.717) is 30.9 Å². The van der Waals surface area contributed by atoms with Crippen molar-refractivity contribution in [3.05, 3.63) is 33.9 Å². The second-order valence-electron chi connectivity index (χ2n) is 7.79. The molecule has 1 saturated heterocycles. The second kappa shape index (κ2) is 10.8. The lowest BCUT2D eigenvalue weighted by Crippen LogP contribution is -2.45. The third-order valence-corrected chi connectivity index (χ3v) is 5.31. The summed E-state index contributed by atoms with van der Waals surface area (Å²) in [5.74, 6) is -0.510. The van der Waals surface area contributed by atoms with Crippen molar-refractivity contribution in [3.8, 4) is 0 Å². The minimum atomic E-state index is -0.499. The van der Waals surface area contributed by atoms with Gasteiger partial charge in [-0.1, -0.05) is 26.2 Å². The molecule has 0 saturated carbocycles. The SMILES string of the molecule is CCCCCCNC(=O)C1CCCN(C(=O)c2cc([N+](=O)[O-])ccc2N(C)C)C1. The minimum Gasteiger partial charge on any atom is -0.377 e. The molecule has 2 amide bonds. The van der Waals surface area contributed by atoms with E-state index in [4.69, 9.17) is 0 Å². The third-order valence-electron chi connectivity index (χ3n) is 5.31. The van der Waals surface area contributed by atoms with Crippen LogP contribution in [0.3, 0.4) is 0 Å². The van der Waals surface area contributed by atoms with Crippen molar-refractivity contribution in [2.75, 3.05) is 38.6 Å². The van der Waals surface area contributed by atoms with E-state index in [1.165, 1.54) is 18.6 Å². The van der Waals surface area contributed by atoms with E-state index in [9.17, 15) is 19.7 Å². The number of amides is 2. The number of nitro groups is 1. The van der Waals surface area contributed by atoms with Crippen molar-refractivity contribution in [1.82, 2.24) is 10.2 Å². The van der Waals surface area contributed by atoms with Crippen LogP contribution in [0.5, 0.6) is 0 Å². The number of benzene rings is 1. The first-order valence-electron chi connectivity index (χ1n) is 10.4. The highest BCUT2D eigenvalue weighted by atomic mass is 16.6. The molecular formula is C21H32N4O4. The van der Waals surface area contributed by atoms with Gasteiger partial charge < -0.3 is 15.1 Å². The number of anilines is 1. The third kappa shape index (κ3) is 6.17. The maximum Gasteiger partial charge on any atom is 0.270 e. The number of nitro benzene ring substituents is 1. The van der Waals surface area contributed by atoms with Crippen LogP contribution >= 0.6 is 0 Å². The molecule has 0 spiro atoms. The van der Waals surface area contributed by atoms with Crippen LogP contribution in [0, 0.1) is 16.0 Å². The van der Waals surface area contributed by atoms with Crippen LogP contribution in [0.25, 0.3) is 0 Å². The molecule has 0 aliphatic carbocycles. The number of carbonyl (C=O) groups is 2. The van der Waals surface area contributed by atoms with Gasteiger partial charge in [0.1, 0.15) is 0 Å². The topological polar surface area (TPSA) is 95.8 Å². The molecule has 1 aromatic carbocycles. The quantitative estimate of drug-likeness (QED) is 0.387. The summed E-state index contributed by atoms with van der Waals surface area (Å²) in [5.41, 5.74) is 0.810. The number of likely N-dealkylation sites (tertiary alicyclic amines) is 1. The molecule has 2 rings (SSSR count). The first kappa shape index (κ1) is 22.6. The highest BCUT2D eigenvalue weighted by Crippen LogP contribution is 2.27. The zero-order valence-electron chi connectivity index (χ0n) is 17.6. The summed E-state index contributed by atoms with van der Waals surface area (Å²) < 4.78 is 0. The molecule has 1 unspecified atom stereocenters. The molecule has 160 valence electrons. The predicted molar refractivity (Wildman–Crippen MR) is 113 cm³/mol. The fraction of sp³-hybridized carbons (Fsp3) is 0.619. The van der Waals surface area contributed by atoms with Gasteiger partial charge in [-0.25, -0.2) is 0 Å². The van der Waals surface area contributed by atoms with Crippen molar-refractivity contribution < 1.29 is 14.5 Å². The standard InChI is InChI=1S/C21H32N4O4/c1-4-5-6-7-12-22-20(26)16-9-8-13-24(15-16)21(27)18-14-17(25(28)29)10-11-19(18)23(2)3/h10-11,14,16H,4-9,12-13,15H2,1-3H3,(H,22,26). The number of nitrogens with zero attached hydrogens (tertiary/aromatic N) is 3. The van der Waals surface area contributed by atoms with Gasteiger partial charge in [0, 0.05) is 51.5 Å². The first-order valence-corrected chi connectivity index (χ1v) is 10.4. The lowest BCUT2D eigenvalue weighted by atomic mass is 9.96. The lowest BCUT2D eigenvalue weighted by molar-refractivity contribution is -0.384. The molecule has 1 atom stereocenters. The molecule has 1 heterocycles. The van der Waals surface area contributed by atoms with Crippen LogP contribution in [0.4, 0.5) is 11.4 Å². The predicted octanol–water partition coefficient (Wildman–Crippen LogP) is 3.21. The number of carbonyl (C=O) groups excluding carboxylic acids is 2. The maximum absolute atomic E-state index is 13.1. The zero-order chi connectivity index (χ0) is 21.4. The molecule has 0 radical (unpaired) electrons. The number of rotatable bonds is 9. The van der Waals surface area contributed by atoms with E-state index < -0.39 is 4.92 Å².